The van der Waals surface area contributed by atoms with E-state index in [0.717, 1.165) is 29.0 Å². The number of benzene rings is 2. The van der Waals surface area contributed by atoms with Crippen LogP contribution in [0.1, 0.15) is 30.4 Å². The van der Waals surface area contributed by atoms with Gasteiger partial charge in [-0.2, -0.15) is 0 Å². The normalized spacial score (nSPS) is 13.7. The largest absolute Gasteiger partial charge is 0.480 e. The number of nitrogens with zero attached hydrogens (tertiary/aromatic N) is 2. The van der Waals surface area contributed by atoms with Crippen LogP contribution in [-0.2, 0) is 27.4 Å². The Morgan fingerprint density at radius 3 is 2.57 bits per heavy atom. The van der Waals surface area contributed by atoms with Gasteiger partial charge in [-0.05, 0) is 36.1 Å². The number of hydrogen-bond acceptors (Lipinski definition) is 7. The zero-order valence-electron chi connectivity index (χ0n) is 19.4. The predicted octanol–water partition coefficient (Wildman–Crippen LogP) is 2.06. The molecule has 35 heavy (non-hydrogen) atoms. The third kappa shape index (κ3) is 7.82. The molecule has 10 nitrogen and oxygen atoms in total. The Kier molecular flexibility index (Phi) is 9.61. The highest BCUT2D eigenvalue weighted by atomic mass is 16.6. The Labute approximate surface area is 203 Å². The number of hydrogen-bond donors (Lipinski definition) is 4. The predicted molar refractivity (Wildman–Crippen MR) is 130 cm³/mol. The number of aliphatic hydroxyl groups excluding tert-OH is 1. The molecule has 0 spiro atoms. The topological polar surface area (TPSA) is 141 Å². The number of ether oxygens (including phenoxy) is 1. The average molecular weight is 483 g/mol. The molecule has 3 rings (SSSR count). The van der Waals surface area contributed by atoms with Crippen LogP contribution >= 0.6 is 0 Å². The second kappa shape index (κ2) is 13.1. The molecular weight excluding hydrogens is 452 g/mol. The summed E-state index contributed by atoms with van der Waals surface area (Å²) < 4.78 is 5.40. The molecule has 2 amide bonds. The van der Waals surface area contributed by atoms with E-state index < -0.39 is 24.7 Å². The summed E-state index contributed by atoms with van der Waals surface area (Å²) in [4.78, 5) is 42.5. The van der Waals surface area contributed by atoms with E-state index in [4.69, 9.17) is 4.74 Å². The smallest absolute Gasteiger partial charge is 0.415 e. The number of anilines is 1. The van der Waals surface area contributed by atoms with E-state index in [-0.39, 0.29) is 25.4 Å². The molecule has 0 aliphatic carbocycles. The van der Waals surface area contributed by atoms with Gasteiger partial charge < -0.3 is 20.3 Å². The minimum atomic E-state index is -1.32. The molecule has 2 aromatic rings. The first kappa shape index (κ1) is 25.7. The highest BCUT2D eigenvalue weighted by Crippen LogP contribution is 2.23. The van der Waals surface area contributed by atoms with Crippen LogP contribution in [0, 0.1) is 0 Å². The molecule has 0 bridgehead atoms. The summed E-state index contributed by atoms with van der Waals surface area (Å²) in [6, 6.07) is 14.4. The average Bonchev–Trinajstić information content (AvgIpc) is 2.87. The van der Waals surface area contributed by atoms with Crippen LogP contribution in [0.5, 0.6) is 0 Å². The monoisotopic (exact) mass is 482 g/mol. The Hall–Kier alpha value is -3.92. The van der Waals surface area contributed by atoms with Gasteiger partial charge in [0, 0.05) is 38.2 Å². The molecule has 1 aliphatic heterocycles. The van der Waals surface area contributed by atoms with Gasteiger partial charge in [-0.25, -0.2) is 9.59 Å². The molecule has 10 heteroatoms. The minimum Gasteiger partial charge on any atom is -0.480 e. The van der Waals surface area contributed by atoms with Gasteiger partial charge in [0.1, 0.15) is 12.6 Å². The maximum Gasteiger partial charge on any atom is 0.415 e. The van der Waals surface area contributed by atoms with Crippen molar-refractivity contribution in [2.75, 3.05) is 24.6 Å². The molecule has 0 fully saturated rings. The number of aryl methyl sites for hydroxylation is 1. The van der Waals surface area contributed by atoms with Gasteiger partial charge in [-0.15, -0.1) is 0 Å². The third-order valence-electron chi connectivity index (χ3n) is 5.39. The van der Waals surface area contributed by atoms with Crippen molar-refractivity contribution < 1.29 is 29.3 Å². The molecule has 1 atom stereocenters. The molecule has 2 aromatic carbocycles. The number of carbonyl (C=O) groups is 3. The van der Waals surface area contributed by atoms with Crippen LogP contribution < -0.4 is 15.5 Å². The first-order valence-electron chi connectivity index (χ1n) is 11.5. The lowest BCUT2D eigenvalue weighted by Gasteiger charge is -2.28. The molecule has 0 aromatic heterocycles. The van der Waals surface area contributed by atoms with Crippen molar-refractivity contribution in [2.24, 2.45) is 4.99 Å². The Morgan fingerprint density at radius 2 is 1.89 bits per heavy atom. The zero-order chi connectivity index (χ0) is 25.0. The lowest BCUT2D eigenvalue weighted by atomic mass is 10.1. The summed E-state index contributed by atoms with van der Waals surface area (Å²) in [5, 5.41) is 24.9. The third-order valence-corrected chi connectivity index (χ3v) is 5.39. The van der Waals surface area contributed by atoms with E-state index in [2.05, 4.69) is 15.6 Å². The number of amides is 2. The van der Waals surface area contributed by atoms with Crippen LogP contribution in [0.15, 0.2) is 59.6 Å². The van der Waals surface area contributed by atoms with E-state index in [1.807, 2.05) is 18.2 Å². The van der Waals surface area contributed by atoms with Gasteiger partial charge in [0.05, 0.1) is 0 Å². The number of rotatable bonds is 10. The van der Waals surface area contributed by atoms with Gasteiger partial charge in [-0.1, -0.05) is 42.5 Å². The molecular formula is C25H30N4O6. The quantitative estimate of drug-likeness (QED) is 0.406. The van der Waals surface area contributed by atoms with Gasteiger partial charge >= 0.3 is 12.1 Å². The highest BCUT2D eigenvalue weighted by Gasteiger charge is 2.32. The number of carboxylic acids is 1. The van der Waals surface area contributed by atoms with Crippen molar-refractivity contribution in [3.63, 3.8) is 0 Å². The standard InChI is InChI=1S/C25H30N4O6/c30-15-12-21(23(32)33)29(25(34)35-17-19-6-2-1-3-7-19)20-9-4-8-18(16-20)10-11-22(31)28-24-26-13-5-14-27-24/h1-4,6-9,16,21,30H,5,10-15,17H2,(H,32,33)(H2,26,27,28,31)/t21-/m0/s1. The van der Waals surface area contributed by atoms with Gasteiger partial charge in [0.25, 0.3) is 0 Å². The molecule has 0 radical (unpaired) electrons. The van der Waals surface area contributed by atoms with E-state index >= 15 is 0 Å². The van der Waals surface area contributed by atoms with Crippen molar-refractivity contribution in [3.05, 3.63) is 65.7 Å². The minimum absolute atomic E-state index is 0.0284. The molecule has 1 heterocycles. The van der Waals surface area contributed by atoms with Crippen molar-refractivity contribution in [1.82, 2.24) is 10.6 Å². The number of nitrogens with one attached hydrogen (secondary N) is 2. The summed E-state index contributed by atoms with van der Waals surface area (Å²) in [6.45, 7) is 0.978. The summed E-state index contributed by atoms with van der Waals surface area (Å²) in [6.07, 6.45) is 0.465. The molecule has 0 saturated heterocycles. The maximum absolute atomic E-state index is 13.0. The van der Waals surface area contributed by atoms with E-state index in [1.54, 1.807) is 36.4 Å². The molecule has 1 aliphatic rings. The fourth-order valence-corrected chi connectivity index (χ4v) is 3.62. The number of carbonyl (C=O) groups excluding carboxylic acids is 2. The summed E-state index contributed by atoms with van der Waals surface area (Å²) in [5.41, 5.74) is 1.80. The second-order valence-corrected chi connectivity index (χ2v) is 8.01. The number of guanidine groups is 1. The molecule has 0 unspecified atom stereocenters. The number of aliphatic imine (C=N–C) groups is 1. The van der Waals surface area contributed by atoms with Gasteiger partial charge in [0.2, 0.25) is 5.91 Å². The van der Waals surface area contributed by atoms with E-state index in [1.165, 1.54) is 0 Å². The van der Waals surface area contributed by atoms with Crippen LogP contribution in [0.25, 0.3) is 0 Å². The van der Waals surface area contributed by atoms with E-state index in [9.17, 15) is 24.6 Å². The Bertz CT molecular complexity index is 1040. The van der Waals surface area contributed by atoms with Crippen LogP contribution in [0.2, 0.25) is 0 Å². The number of aliphatic hydroxyl groups is 1. The second-order valence-electron chi connectivity index (χ2n) is 8.01. The molecule has 186 valence electrons. The Balaban J connectivity index is 1.73. The summed E-state index contributed by atoms with van der Waals surface area (Å²) in [7, 11) is 0. The SMILES string of the molecule is O=C(CCc1cccc(N(C(=O)OCc2ccccc2)[C@@H](CCO)C(=O)O)c1)NC1=NCCCN1. The highest BCUT2D eigenvalue weighted by molar-refractivity contribution is 5.97. The summed E-state index contributed by atoms with van der Waals surface area (Å²) in [5.74, 6) is -0.997. The fourth-order valence-electron chi connectivity index (χ4n) is 3.62. The lowest BCUT2D eigenvalue weighted by Crippen LogP contribution is -2.46. The van der Waals surface area contributed by atoms with Crippen molar-refractivity contribution in [2.45, 2.75) is 38.3 Å². The maximum atomic E-state index is 13.0. The molecule has 4 N–H and O–H groups in total. The first-order chi connectivity index (χ1) is 17.0. The van der Waals surface area contributed by atoms with Crippen LogP contribution in [0.4, 0.5) is 10.5 Å². The molecule has 0 saturated carbocycles. The van der Waals surface area contributed by atoms with Crippen molar-refractivity contribution >= 4 is 29.6 Å². The fraction of sp³-hybridized carbons (Fsp3) is 0.360. The lowest BCUT2D eigenvalue weighted by molar-refractivity contribution is -0.139. The van der Waals surface area contributed by atoms with Crippen LogP contribution in [-0.4, -0.2) is 59.9 Å². The number of aliphatic carboxylic acids is 1. The van der Waals surface area contributed by atoms with Gasteiger partial charge in [0.15, 0.2) is 5.96 Å². The zero-order valence-corrected chi connectivity index (χ0v) is 19.4. The van der Waals surface area contributed by atoms with Gasteiger partial charge in [-0.3, -0.25) is 20.0 Å². The van der Waals surface area contributed by atoms with Crippen molar-refractivity contribution in [1.29, 1.82) is 0 Å². The summed E-state index contributed by atoms with van der Waals surface area (Å²) >= 11 is 0. The number of carboxylic acid groups (broad SMARTS) is 1. The Morgan fingerprint density at radius 1 is 1.11 bits per heavy atom. The van der Waals surface area contributed by atoms with Crippen LogP contribution in [0.3, 0.4) is 0 Å². The first-order valence-corrected chi connectivity index (χ1v) is 11.5. The van der Waals surface area contributed by atoms with E-state index in [0.29, 0.717) is 24.6 Å². The van der Waals surface area contributed by atoms with Crippen molar-refractivity contribution in [3.8, 4) is 0 Å².